The van der Waals surface area contributed by atoms with Gasteiger partial charge in [-0.1, -0.05) is 13.8 Å². The van der Waals surface area contributed by atoms with Crippen LogP contribution < -0.4 is 10.6 Å². The molecule has 0 aromatic heterocycles. The van der Waals surface area contributed by atoms with Crippen molar-refractivity contribution in [3.8, 4) is 0 Å². The van der Waals surface area contributed by atoms with E-state index in [9.17, 15) is 29.7 Å². The predicted octanol–water partition coefficient (Wildman–Crippen LogP) is 3.41. The molecule has 0 saturated carbocycles. The summed E-state index contributed by atoms with van der Waals surface area (Å²) < 4.78 is 10.3. The van der Waals surface area contributed by atoms with Crippen LogP contribution in [0.3, 0.4) is 0 Å². The van der Waals surface area contributed by atoms with Crippen LogP contribution in [0.5, 0.6) is 0 Å². The van der Waals surface area contributed by atoms with Crippen molar-refractivity contribution in [3.63, 3.8) is 0 Å². The number of aliphatic hydroxyl groups excluding tert-OH is 3. The average Bonchev–Trinajstić information content (AvgIpc) is 3.79. The van der Waals surface area contributed by atoms with Gasteiger partial charge in [0.25, 0.3) is 5.91 Å². The lowest BCUT2D eigenvalue weighted by Crippen LogP contribution is -2.37. The number of ether oxygens (including phenoxy) is 2. The molecule has 8 bridgehead atoms. The van der Waals surface area contributed by atoms with Crippen molar-refractivity contribution < 1.29 is 44.3 Å². The van der Waals surface area contributed by atoms with E-state index >= 15 is 0 Å². The van der Waals surface area contributed by atoms with Gasteiger partial charge in [0.05, 0.1) is 73.0 Å². The Kier molecular flexibility index (Phi) is 11.7. The van der Waals surface area contributed by atoms with Crippen LogP contribution in [0.4, 0.5) is 0 Å². The number of carboxylic acid groups (broad SMARTS) is 1. The summed E-state index contributed by atoms with van der Waals surface area (Å²) in [7, 11) is 1.13. The summed E-state index contributed by atoms with van der Waals surface area (Å²) in [6.45, 7) is 9.55. The summed E-state index contributed by atoms with van der Waals surface area (Å²) in [5, 5.41) is 47.0. The fraction of sp³-hybridized carbons (Fsp3) is 0.421. The third kappa shape index (κ3) is 7.27. The van der Waals surface area contributed by atoms with E-state index in [1.165, 1.54) is 0 Å². The van der Waals surface area contributed by atoms with Crippen molar-refractivity contribution in [2.75, 3.05) is 33.5 Å². The number of hydrogen-bond acceptors (Lipinski definition) is 12. The Balaban J connectivity index is 1.83. The van der Waals surface area contributed by atoms with Gasteiger partial charge in [0.2, 0.25) is 0 Å². The van der Waals surface area contributed by atoms with Crippen molar-refractivity contribution in [1.29, 1.82) is 0 Å². The van der Waals surface area contributed by atoms with E-state index in [4.69, 9.17) is 29.6 Å². The molecule has 14 nitrogen and oxygen atoms in total. The van der Waals surface area contributed by atoms with Crippen LogP contribution >= 0.6 is 0 Å². The number of aliphatic imine (C=N–C) groups is 3. The van der Waals surface area contributed by atoms with Crippen molar-refractivity contribution >= 4 is 35.0 Å². The number of esters is 1. The molecule has 14 heteroatoms. The number of nitrogens with one attached hydrogen (secondary N) is 2. The molecule has 1 fully saturated rings. The topological polar surface area (TPSA) is 212 Å². The van der Waals surface area contributed by atoms with E-state index in [1.54, 1.807) is 19.1 Å². The zero-order valence-corrected chi connectivity index (χ0v) is 30.2. The highest BCUT2D eigenvalue weighted by Crippen LogP contribution is 2.43. The third-order valence-electron chi connectivity index (χ3n) is 9.89. The number of fused-ring (bicyclic) bond motifs is 5. The normalized spacial score (nSPS) is 22.6. The summed E-state index contributed by atoms with van der Waals surface area (Å²) in [6.07, 6.45) is 5.00. The lowest BCUT2D eigenvalue weighted by molar-refractivity contribution is -0.148. The van der Waals surface area contributed by atoms with E-state index in [1.807, 2.05) is 33.8 Å². The number of aliphatic carboxylic acids is 1. The fourth-order valence-corrected chi connectivity index (χ4v) is 7.00. The number of nitrogens with zero attached hydrogens (tertiary/aromatic N) is 3. The van der Waals surface area contributed by atoms with Crippen LogP contribution in [0.25, 0.3) is 0 Å². The number of carboxylic acids is 1. The highest BCUT2D eigenvalue weighted by Gasteiger charge is 2.43. The maximum absolute atomic E-state index is 14.0. The van der Waals surface area contributed by atoms with Crippen LogP contribution in [-0.4, -0.2) is 95.0 Å². The lowest BCUT2D eigenvalue weighted by Gasteiger charge is -2.22. The lowest BCUT2D eigenvalue weighted by atomic mass is 9.84. The maximum atomic E-state index is 14.0. The molecule has 5 aliphatic rings. The second kappa shape index (κ2) is 16.0. The molecule has 1 saturated heterocycles. The van der Waals surface area contributed by atoms with Crippen molar-refractivity contribution in [1.82, 2.24) is 10.6 Å². The summed E-state index contributed by atoms with van der Waals surface area (Å²) in [5.41, 5.74) is 7.20. The molecule has 3 atom stereocenters. The first-order valence-corrected chi connectivity index (χ1v) is 17.2. The largest absolute Gasteiger partial charge is 0.515 e. The fourth-order valence-electron chi connectivity index (χ4n) is 7.00. The highest BCUT2D eigenvalue weighted by molar-refractivity contribution is 6.32. The van der Waals surface area contributed by atoms with Crippen LogP contribution in [0, 0.1) is 11.8 Å². The third-order valence-corrected chi connectivity index (χ3v) is 9.89. The average molecular weight is 716 g/mol. The molecule has 5 aliphatic heterocycles. The first kappa shape index (κ1) is 38.1. The molecule has 276 valence electrons. The number of allylic oxidation sites excluding steroid dienone is 10. The number of hydrogen-bond donors (Lipinski definition) is 6. The molecule has 52 heavy (non-hydrogen) atoms. The molecule has 0 aliphatic carbocycles. The molecular formula is C38H45N5O9. The van der Waals surface area contributed by atoms with Gasteiger partial charge in [0.1, 0.15) is 0 Å². The second-order valence-electron chi connectivity index (χ2n) is 12.9. The number of methoxy groups -OCH3 is 1. The molecule has 1 amide bonds. The monoisotopic (exact) mass is 715 g/mol. The minimum absolute atomic E-state index is 0.0222. The van der Waals surface area contributed by atoms with Gasteiger partial charge in [0, 0.05) is 47.3 Å². The van der Waals surface area contributed by atoms with E-state index in [0.29, 0.717) is 63.0 Å². The first-order valence-electron chi connectivity index (χ1n) is 17.2. The van der Waals surface area contributed by atoms with Crippen molar-refractivity contribution in [2.24, 2.45) is 26.8 Å². The zero-order valence-electron chi connectivity index (χ0n) is 30.2. The second-order valence-corrected chi connectivity index (χ2v) is 12.9. The standard InChI is InChI=1S/C38H45N5O9/c1-7-22-18(2)26-15-30-24(17-45)20(4)25(41-30)14-27-19(3)23(8-9-31(46)47)34(42-27)33(36(48)38(50)51-6)35-32(37(49)39-10-12-52-13-11-44)21(5)28(43-35)16-29(22)40-26/h14-17,19,23,36,42,44-45,48H,7-13H2,1-6H3,(H,39,49)(H,46,47). The summed E-state index contributed by atoms with van der Waals surface area (Å²) >= 11 is 0. The smallest absolute Gasteiger partial charge is 0.339 e. The van der Waals surface area contributed by atoms with Gasteiger partial charge in [-0.25, -0.2) is 19.8 Å². The quantitative estimate of drug-likeness (QED) is 0.0985. The summed E-state index contributed by atoms with van der Waals surface area (Å²) in [6, 6.07) is 0. The number of amides is 1. The number of carbonyl (C=O) groups is 3. The molecule has 0 aromatic carbocycles. The Labute approximate surface area is 301 Å². The Morgan fingerprint density at radius 1 is 1.02 bits per heavy atom. The highest BCUT2D eigenvalue weighted by atomic mass is 16.5. The van der Waals surface area contributed by atoms with E-state index in [2.05, 4.69) is 10.6 Å². The number of carbonyl (C=O) groups excluding carboxylic acids is 2. The van der Waals surface area contributed by atoms with E-state index in [-0.39, 0.29) is 62.0 Å². The predicted molar refractivity (Wildman–Crippen MR) is 194 cm³/mol. The number of rotatable bonds is 12. The molecular weight excluding hydrogens is 670 g/mol. The minimum Gasteiger partial charge on any atom is -0.515 e. The summed E-state index contributed by atoms with van der Waals surface area (Å²) in [4.78, 5) is 53.8. The van der Waals surface area contributed by atoms with Crippen LogP contribution in [0.2, 0.25) is 0 Å². The molecule has 0 radical (unpaired) electrons. The molecule has 5 heterocycles. The summed E-state index contributed by atoms with van der Waals surface area (Å²) in [5.74, 6) is -3.51. The first-order chi connectivity index (χ1) is 24.9. The molecule has 0 spiro atoms. The van der Waals surface area contributed by atoms with Gasteiger partial charge < -0.3 is 40.5 Å². The van der Waals surface area contributed by atoms with Crippen LogP contribution in [-0.2, 0) is 23.9 Å². The van der Waals surface area contributed by atoms with Gasteiger partial charge in [-0.3, -0.25) is 9.59 Å². The minimum atomic E-state index is -1.92. The molecule has 6 N–H and O–H groups in total. The molecule has 3 unspecified atom stereocenters. The van der Waals surface area contributed by atoms with Gasteiger partial charge in [-0.15, -0.1) is 0 Å². The van der Waals surface area contributed by atoms with Gasteiger partial charge >= 0.3 is 11.9 Å². The maximum Gasteiger partial charge on any atom is 0.339 e. The Bertz CT molecular complexity index is 1930. The molecule has 5 rings (SSSR count). The van der Waals surface area contributed by atoms with Gasteiger partial charge in [-0.2, -0.15) is 0 Å². The zero-order chi connectivity index (χ0) is 37.9. The van der Waals surface area contributed by atoms with Gasteiger partial charge in [-0.05, 0) is 74.1 Å². The number of aliphatic hydroxyl groups is 3. The SMILES string of the molecule is CCC1=C(C)C2=CC3=NC(=C(C)C3=CO)C=C3NC(=C(C(O)C(=O)OC)C4=NC(=CC1=N2)C(C)=C4C(=O)NCCOCCO)C(CCC(=O)O)C3C. The van der Waals surface area contributed by atoms with Crippen molar-refractivity contribution in [2.45, 2.75) is 60.0 Å². The van der Waals surface area contributed by atoms with Crippen LogP contribution in [0.1, 0.15) is 53.9 Å². The Morgan fingerprint density at radius 2 is 1.73 bits per heavy atom. The van der Waals surface area contributed by atoms with Gasteiger partial charge in [0.15, 0.2) is 6.10 Å². The van der Waals surface area contributed by atoms with Crippen LogP contribution in [0.15, 0.2) is 107 Å². The molecule has 0 aromatic rings. The van der Waals surface area contributed by atoms with E-state index < -0.39 is 29.9 Å². The van der Waals surface area contributed by atoms with Crippen molar-refractivity contribution in [3.05, 3.63) is 92.0 Å². The van der Waals surface area contributed by atoms with E-state index in [0.717, 1.165) is 24.5 Å². The Morgan fingerprint density at radius 3 is 2.38 bits per heavy atom. The Hall–Kier alpha value is -5.18.